The summed E-state index contributed by atoms with van der Waals surface area (Å²) in [6, 6.07) is 6.82. The van der Waals surface area contributed by atoms with E-state index in [1.807, 2.05) is 18.2 Å². The largest absolute Gasteiger partial charge is 0.323 e. The van der Waals surface area contributed by atoms with Gasteiger partial charge in [0.25, 0.3) is 5.91 Å². The first kappa shape index (κ1) is 16.2. The van der Waals surface area contributed by atoms with Crippen LogP contribution in [0.15, 0.2) is 24.3 Å². The van der Waals surface area contributed by atoms with Gasteiger partial charge in [-0.15, -0.1) is 5.10 Å². The summed E-state index contributed by atoms with van der Waals surface area (Å²) in [5.74, 6) is 1.00. The fraction of sp³-hybridized carbons (Fsp3) is 0.412. The molecule has 1 aliphatic heterocycles. The fourth-order valence-corrected chi connectivity index (χ4v) is 2.78. The minimum Gasteiger partial charge on any atom is -0.323 e. The van der Waals surface area contributed by atoms with Crippen molar-refractivity contribution in [2.45, 2.75) is 39.8 Å². The van der Waals surface area contributed by atoms with Gasteiger partial charge < -0.3 is 4.90 Å². The van der Waals surface area contributed by atoms with Crippen molar-refractivity contribution in [3.63, 3.8) is 0 Å². The van der Waals surface area contributed by atoms with Gasteiger partial charge in [-0.25, -0.2) is 0 Å². The molecule has 1 aromatic carbocycles. The van der Waals surface area contributed by atoms with Crippen LogP contribution in [0.3, 0.4) is 0 Å². The Morgan fingerprint density at radius 2 is 2.08 bits per heavy atom. The van der Waals surface area contributed by atoms with Gasteiger partial charge in [0.1, 0.15) is 11.9 Å². The molecule has 7 heteroatoms. The lowest BCUT2D eigenvalue weighted by molar-refractivity contribution is -0.120. The monoisotopic (exact) mass is 327 g/mol. The molecule has 2 N–H and O–H groups in total. The molecule has 0 saturated carbocycles. The van der Waals surface area contributed by atoms with Crippen molar-refractivity contribution in [3.05, 3.63) is 41.2 Å². The molecule has 0 bridgehead atoms. The molecule has 1 atom stereocenters. The molecule has 1 aliphatic rings. The molecule has 7 nitrogen and oxygen atoms in total. The molecule has 126 valence electrons. The molecule has 0 radical (unpaired) electrons. The summed E-state index contributed by atoms with van der Waals surface area (Å²) < 4.78 is 0. The molecule has 0 spiro atoms. The molecule has 2 amide bonds. The van der Waals surface area contributed by atoms with Crippen LogP contribution in [0.1, 0.15) is 42.5 Å². The maximum atomic E-state index is 12.4. The van der Waals surface area contributed by atoms with Crippen LogP contribution in [-0.4, -0.2) is 37.9 Å². The number of rotatable bonds is 5. The molecule has 2 aromatic rings. The molecule has 0 aliphatic carbocycles. The predicted molar refractivity (Wildman–Crippen MR) is 89.3 cm³/mol. The molecule has 24 heavy (non-hydrogen) atoms. The number of aromatic amines is 1. The minimum absolute atomic E-state index is 0.122. The van der Waals surface area contributed by atoms with Crippen LogP contribution in [0, 0.1) is 5.92 Å². The summed E-state index contributed by atoms with van der Waals surface area (Å²) in [6.07, 6.45) is 0.762. The van der Waals surface area contributed by atoms with Crippen molar-refractivity contribution in [3.8, 4) is 0 Å². The number of carbonyl (C=O) groups excluding carboxylic acids is 2. The van der Waals surface area contributed by atoms with Gasteiger partial charge in [-0.05, 0) is 24.5 Å². The second-order valence-corrected chi connectivity index (χ2v) is 6.46. The molecular formula is C17H21N5O2. The van der Waals surface area contributed by atoms with Gasteiger partial charge in [-0.1, -0.05) is 32.0 Å². The highest BCUT2D eigenvalue weighted by molar-refractivity contribution is 6.03. The van der Waals surface area contributed by atoms with E-state index in [2.05, 4.69) is 34.3 Å². The molecular weight excluding hydrogens is 306 g/mol. The topological polar surface area (TPSA) is 91.0 Å². The maximum Gasteiger partial charge on any atom is 0.255 e. The van der Waals surface area contributed by atoms with Crippen molar-refractivity contribution in [1.82, 2.24) is 20.1 Å². The maximum absolute atomic E-state index is 12.4. The number of nitrogens with one attached hydrogen (secondary N) is 2. The number of benzene rings is 1. The van der Waals surface area contributed by atoms with Gasteiger partial charge in [0, 0.05) is 18.5 Å². The van der Waals surface area contributed by atoms with E-state index in [1.165, 1.54) is 0 Å². The van der Waals surface area contributed by atoms with Crippen molar-refractivity contribution in [2.75, 3.05) is 5.32 Å². The Balaban J connectivity index is 1.66. The van der Waals surface area contributed by atoms with E-state index >= 15 is 0 Å². The Morgan fingerprint density at radius 3 is 2.79 bits per heavy atom. The number of aromatic nitrogens is 3. The van der Waals surface area contributed by atoms with Gasteiger partial charge in [-0.2, -0.15) is 4.98 Å². The average molecular weight is 327 g/mol. The third-order valence-corrected chi connectivity index (χ3v) is 4.06. The zero-order valence-corrected chi connectivity index (χ0v) is 14.0. The van der Waals surface area contributed by atoms with Crippen LogP contribution >= 0.6 is 0 Å². The molecule has 0 unspecified atom stereocenters. The summed E-state index contributed by atoms with van der Waals surface area (Å²) in [7, 11) is 0. The molecule has 3 rings (SSSR count). The van der Waals surface area contributed by atoms with Gasteiger partial charge in [0.2, 0.25) is 11.9 Å². The lowest BCUT2D eigenvalue weighted by Gasteiger charge is -2.22. The number of hydrogen-bond acceptors (Lipinski definition) is 4. The van der Waals surface area contributed by atoms with E-state index in [1.54, 1.807) is 17.9 Å². The van der Waals surface area contributed by atoms with Gasteiger partial charge in [0.15, 0.2) is 0 Å². The number of anilines is 1. The van der Waals surface area contributed by atoms with Crippen LogP contribution in [0.5, 0.6) is 0 Å². The first-order valence-electron chi connectivity index (χ1n) is 8.06. The lowest BCUT2D eigenvalue weighted by Crippen LogP contribution is -2.42. The predicted octanol–water partition coefficient (Wildman–Crippen LogP) is 1.99. The second kappa shape index (κ2) is 6.43. The highest BCUT2D eigenvalue weighted by atomic mass is 16.2. The van der Waals surface area contributed by atoms with E-state index < -0.39 is 6.04 Å². The van der Waals surface area contributed by atoms with Crippen molar-refractivity contribution >= 4 is 17.8 Å². The van der Waals surface area contributed by atoms with Crippen LogP contribution in [0.2, 0.25) is 0 Å². The van der Waals surface area contributed by atoms with Crippen molar-refractivity contribution in [1.29, 1.82) is 0 Å². The van der Waals surface area contributed by atoms with Crippen molar-refractivity contribution in [2.24, 2.45) is 5.92 Å². The molecule has 1 aromatic heterocycles. The number of fused-ring (bicyclic) bond motifs is 1. The zero-order valence-electron chi connectivity index (χ0n) is 14.0. The Morgan fingerprint density at radius 1 is 1.33 bits per heavy atom. The summed E-state index contributed by atoms with van der Waals surface area (Å²) >= 11 is 0. The Labute approximate surface area is 140 Å². The lowest BCUT2D eigenvalue weighted by atomic mass is 10.1. The number of H-pyrrole nitrogens is 1. The first-order chi connectivity index (χ1) is 11.5. The number of amides is 2. The highest BCUT2D eigenvalue weighted by Crippen LogP contribution is 2.24. The quantitative estimate of drug-likeness (QED) is 0.878. The van der Waals surface area contributed by atoms with E-state index in [-0.39, 0.29) is 17.8 Å². The standard InChI is InChI=1S/C17H21N5O2/c1-10(2)8-14-18-17(21-20-14)19-15(23)11(3)22-9-12-6-4-5-7-13(12)16(22)24/h4-7,10-11H,8-9H2,1-3H3,(H2,18,19,20,21,23)/t11-/m0/s1. The summed E-state index contributed by atoms with van der Waals surface area (Å²) in [5, 5.41) is 9.50. The van der Waals surface area contributed by atoms with E-state index in [9.17, 15) is 9.59 Å². The number of hydrogen-bond donors (Lipinski definition) is 2. The summed E-state index contributed by atoms with van der Waals surface area (Å²) in [6.45, 7) is 6.32. The molecule has 0 fully saturated rings. The SMILES string of the molecule is CC(C)Cc1nc(NC(=O)[C@H](C)N2Cc3ccccc3C2=O)n[nH]1. The van der Waals surface area contributed by atoms with Crippen LogP contribution < -0.4 is 5.32 Å². The van der Waals surface area contributed by atoms with E-state index in [4.69, 9.17) is 0 Å². The molecule has 0 saturated heterocycles. The normalized spacial score (nSPS) is 14.8. The highest BCUT2D eigenvalue weighted by Gasteiger charge is 2.33. The van der Waals surface area contributed by atoms with Crippen LogP contribution in [0.4, 0.5) is 5.95 Å². The van der Waals surface area contributed by atoms with Gasteiger partial charge >= 0.3 is 0 Å². The zero-order chi connectivity index (χ0) is 17.3. The third kappa shape index (κ3) is 3.15. The van der Waals surface area contributed by atoms with Crippen LogP contribution in [0.25, 0.3) is 0 Å². The Kier molecular flexibility index (Phi) is 4.33. The fourth-order valence-electron chi connectivity index (χ4n) is 2.78. The van der Waals surface area contributed by atoms with E-state index in [0.717, 1.165) is 17.8 Å². The van der Waals surface area contributed by atoms with Crippen molar-refractivity contribution < 1.29 is 9.59 Å². The number of nitrogens with zero attached hydrogens (tertiary/aromatic N) is 3. The summed E-state index contributed by atoms with van der Waals surface area (Å²) in [5.41, 5.74) is 1.61. The summed E-state index contributed by atoms with van der Waals surface area (Å²) in [4.78, 5) is 30.7. The average Bonchev–Trinajstić information content (AvgIpc) is 3.11. The third-order valence-electron chi connectivity index (χ3n) is 4.06. The molecule has 2 heterocycles. The smallest absolute Gasteiger partial charge is 0.255 e. The van der Waals surface area contributed by atoms with Gasteiger partial charge in [-0.3, -0.25) is 20.0 Å². The Bertz CT molecular complexity index is 768. The van der Waals surface area contributed by atoms with E-state index in [0.29, 0.717) is 18.0 Å². The first-order valence-corrected chi connectivity index (χ1v) is 8.06. The Hall–Kier alpha value is -2.70. The van der Waals surface area contributed by atoms with Crippen LogP contribution in [-0.2, 0) is 17.8 Å². The van der Waals surface area contributed by atoms with Gasteiger partial charge in [0.05, 0.1) is 0 Å². The second-order valence-electron chi connectivity index (χ2n) is 6.46. The number of carbonyl (C=O) groups is 2. The minimum atomic E-state index is -0.600.